The summed E-state index contributed by atoms with van der Waals surface area (Å²) in [4.78, 5) is 40.6. The van der Waals surface area contributed by atoms with Crippen LogP contribution < -0.4 is 21.3 Å². The Balaban J connectivity index is 1.54. The molecule has 32 heavy (non-hydrogen) atoms. The summed E-state index contributed by atoms with van der Waals surface area (Å²) >= 11 is 12.9. The minimum absolute atomic E-state index is 0.0316. The van der Waals surface area contributed by atoms with Gasteiger partial charge in [-0.3, -0.25) is 14.6 Å². The smallest absolute Gasteiger partial charge is 0.326 e. The first kappa shape index (κ1) is 23.6. The Kier molecular flexibility index (Phi) is 7.78. The van der Waals surface area contributed by atoms with Gasteiger partial charge in [-0.05, 0) is 23.8 Å². The number of rotatable bonds is 8. The molecule has 0 spiro atoms. The number of aliphatic carboxylic acids is 1. The van der Waals surface area contributed by atoms with E-state index in [9.17, 15) is 24.6 Å². The number of aromatic hydroxyl groups is 1. The highest BCUT2D eigenvalue weighted by Gasteiger charge is 2.23. The van der Waals surface area contributed by atoms with Crippen LogP contribution in [0.3, 0.4) is 0 Å². The van der Waals surface area contributed by atoms with E-state index in [0.717, 1.165) is 6.54 Å². The van der Waals surface area contributed by atoms with E-state index in [4.69, 9.17) is 23.2 Å². The molecule has 0 saturated heterocycles. The van der Waals surface area contributed by atoms with Crippen LogP contribution in [0.1, 0.15) is 15.2 Å². The van der Waals surface area contributed by atoms with Crippen LogP contribution >= 0.6 is 34.5 Å². The fourth-order valence-corrected chi connectivity index (χ4v) is 4.12. The van der Waals surface area contributed by atoms with Crippen LogP contribution in [0.25, 0.3) is 0 Å². The van der Waals surface area contributed by atoms with Gasteiger partial charge >= 0.3 is 5.97 Å². The number of anilines is 1. The fourth-order valence-electron chi connectivity index (χ4n) is 2.83. The quantitative estimate of drug-likeness (QED) is 0.323. The van der Waals surface area contributed by atoms with Gasteiger partial charge in [0.15, 0.2) is 5.96 Å². The lowest BCUT2D eigenvalue weighted by molar-refractivity contribution is -0.141. The molecule has 0 fully saturated rings. The topological polar surface area (TPSA) is 152 Å². The second-order valence-corrected chi connectivity index (χ2v) is 8.48. The maximum atomic E-state index is 12.3. The van der Waals surface area contributed by atoms with Crippen molar-refractivity contribution in [3.8, 4) is 5.75 Å². The molecule has 2 heterocycles. The third-order valence-electron chi connectivity index (χ3n) is 4.33. The van der Waals surface area contributed by atoms with E-state index in [1.165, 1.54) is 23.5 Å². The van der Waals surface area contributed by atoms with Crippen LogP contribution in [-0.4, -0.2) is 59.6 Å². The van der Waals surface area contributed by atoms with Gasteiger partial charge in [0.05, 0.1) is 28.7 Å². The van der Waals surface area contributed by atoms with E-state index in [1.54, 1.807) is 11.4 Å². The third kappa shape index (κ3) is 6.25. The van der Waals surface area contributed by atoms with Crippen molar-refractivity contribution in [1.29, 1.82) is 0 Å². The van der Waals surface area contributed by atoms with Crippen LogP contribution in [0.2, 0.25) is 10.0 Å². The first-order chi connectivity index (χ1) is 15.2. The molecular weight excluding hydrogens is 481 g/mol. The van der Waals surface area contributed by atoms with Gasteiger partial charge in [-0.25, -0.2) is 4.79 Å². The molecule has 1 aromatic heterocycles. The summed E-state index contributed by atoms with van der Waals surface area (Å²) in [5.41, 5.74) is 0.850. The lowest BCUT2D eigenvalue weighted by Crippen LogP contribution is -2.46. The molecule has 6 N–H and O–H groups in total. The average Bonchev–Trinajstić information content (AvgIpc) is 3.41. The molecule has 170 valence electrons. The molecule has 3 rings (SSSR count). The zero-order valence-corrected chi connectivity index (χ0v) is 18.8. The molecule has 2 aromatic rings. The van der Waals surface area contributed by atoms with E-state index in [-0.39, 0.29) is 27.8 Å². The largest absolute Gasteiger partial charge is 0.506 e. The maximum absolute atomic E-state index is 12.3. The van der Waals surface area contributed by atoms with Crippen molar-refractivity contribution < 1.29 is 24.6 Å². The molecular formula is C19H19Cl2N5O5S. The summed E-state index contributed by atoms with van der Waals surface area (Å²) in [6.45, 7) is 0.992. The van der Waals surface area contributed by atoms with E-state index in [0.29, 0.717) is 23.1 Å². The Morgan fingerprint density at radius 2 is 2.03 bits per heavy atom. The molecule has 1 atom stereocenters. The fraction of sp³-hybridized carbons (Fsp3) is 0.263. The number of nitrogens with one attached hydrogen (secondary N) is 4. The summed E-state index contributed by atoms with van der Waals surface area (Å²) in [5, 5.41) is 32.2. The SMILES string of the molecule is O=C(CNC(=O)c1cc(NC2=NCCN2)cs1)N[C@@H](Cc1cc(Cl)cc(Cl)c1O)C(=O)O. The predicted octanol–water partition coefficient (Wildman–Crippen LogP) is 1.67. The van der Waals surface area contributed by atoms with E-state index in [1.807, 2.05) is 0 Å². The number of hydrogen-bond donors (Lipinski definition) is 6. The summed E-state index contributed by atoms with van der Waals surface area (Å²) in [6.07, 6.45) is -0.251. The first-order valence-electron chi connectivity index (χ1n) is 9.34. The Morgan fingerprint density at radius 1 is 1.25 bits per heavy atom. The monoisotopic (exact) mass is 499 g/mol. The number of hydrogen-bond acceptors (Lipinski definition) is 8. The normalized spacial score (nSPS) is 13.6. The van der Waals surface area contributed by atoms with Crippen LogP contribution in [-0.2, 0) is 16.0 Å². The van der Waals surface area contributed by atoms with Gasteiger partial charge in [0.2, 0.25) is 5.91 Å². The summed E-state index contributed by atoms with van der Waals surface area (Å²) in [6, 6.07) is 2.93. The highest BCUT2D eigenvalue weighted by Crippen LogP contribution is 2.31. The van der Waals surface area contributed by atoms with Crippen molar-refractivity contribution in [1.82, 2.24) is 16.0 Å². The zero-order chi connectivity index (χ0) is 23.3. The molecule has 1 aliphatic heterocycles. The Bertz CT molecular complexity index is 1070. The molecule has 0 radical (unpaired) electrons. The number of guanidine groups is 1. The zero-order valence-electron chi connectivity index (χ0n) is 16.4. The first-order valence-corrected chi connectivity index (χ1v) is 11.0. The van der Waals surface area contributed by atoms with Crippen molar-refractivity contribution in [2.75, 3.05) is 25.0 Å². The lowest BCUT2D eigenvalue weighted by Gasteiger charge is -2.16. The maximum Gasteiger partial charge on any atom is 0.326 e. The summed E-state index contributed by atoms with van der Waals surface area (Å²) in [7, 11) is 0. The van der Waals surface area contributed by atoms with Crippen LogP contribution in [0.15, 0.2) is 28.6 Å². The van der Waals surface area contributed by atoms with Crippen molar-refractivity contribution in [2.24, 2.45) is 4.99 Å². The lowest BCUT2D eigenvalue weighted by atomic mass is 10.0. The number of benzene rings is 1. The van der Waals surface area contributed by atoms with Gasteiger partial charge in [-0.2, -0.15) is 0 Å². The number of aliphatic imine (C=N–C) groups is 1. The molecule has 1 aromatic carbocycles. The molecule has 0 unspecified atom stereocenters. The van der Waals surface area contributed by atoms with Crippen molar-refractivity contribution in [3.63, 3.8) is 0 Å². The number of phenols is 1. The minimum atomic E-state index is -1.36. The third-order valence-corrected chi connectivity index (χ3v) is 5.77. The van der Waals surface area contributed by atoms with E-state index in [2.05, 4.69) is 26.3 Å². The standard InChI is InChI=1S/C19H19Cl2N5O5S/c20-10-3-9(16(28)12(21)5-10)4-13(18(30)31)26-15(27)7-24-17(29)14-6-11(8-32-14)25-19-22-1-2-23-19/h3,5-6,8,13,28H,1-2,4,7H2,(H,24,29)(H,26,27)(H,30,31)(H2,22,23,25)/t13-/m0/s1. The summed E-state index contributed by atoms with van der Waals surface area (Å²) in [5.74, 6) is -2.20. The molecule has 0 bridgehead atoms. The van der Waals surface area contributed by atoms with Crippen LogP contribution in [0, 0.1) is 0 Å². The molecule has 10 nitrogen and oxygen atoms in total. The molecule has 1 aliphatic rings. The number of nitrogens with zero attached hydrogens (tertiary/aromatic N) is 1. The average molecular weight is 500 g/mol. The van der Waals surface area contributed by atoms with E-state index >= 15 is 0 Å². The van der Waals surface area contributed by atoms with E-state index < -0.39 is 30.4 Å². The van der Waals surface area contributed by atoms with Gasteiger partial charge in [0, 0.05) is 23.4 Å². The van der Waals surface area contributed by atoms with Crippen molar-refractivity contribution in [2.45, 2.75) is 12.5 Å². The Morgan fingerprint density at radius 3 is 2.72 bits per heavy atom. The van der Waals surface area contributed by atoms with Crippen LogP contribution in [0.4, 0.5) is 5.69 Å². The number of amides is 2. The molecule has 0 aliphatic carbocycles. The van der Waals surface area contributed by atoms with Gasteiger partial charge in [-0.1, -0.05) is 23.2 Å². The Hall–Kier alpha value is -3.02. The minimum Gasteiger partial charge on any atom is -0.506 e. The van der Waals surface area contributed by atoms with Crippen LogP contribution in [0.5, 0.6) is 5.75 Å². The molecule has 13 heteroatoms. The van der Waals surface area contributed by atoms with Gasteiger partial charge in [0.1, 0.15) is 11.8 Å². The number of carbonyl (C=O) groups is 3. The van der Waals surface area contributed by atoms with Crippen molar-refractivity contribution in [3.05, 3.63) is 44.1 Å². The van der Waals surface area contributed by atoms with Gasteiger partial charge < -0.3 is 31.5 Å². The Labute approximate surface area is 196 Å². The number of carbonyl (C=O) groups excluding carboxylic acids is 2. The van der Waals surface area contributed by atoms with Crippen molar-refractivity contribution >= 4 is 64.0 Å². The predicted molar refractivity (Wildman–Crippen MR) is 122 cm³/mol. The van der Waals surface area contributed by atoms with Gasteiger partial charge in [-0.15, -0.1) is 11.3 Å². The van der Waals surface area contributed by atoms with Gasteiger partial charge in [0.25, 0.3) is 5.91 Å². The highest BCUT2D eigenvalue weighted by molar-refractivity contribution is 7.12. The number of halogens is 2. The highest BCUT2D eigenvalue weighted by atomic mass is 35.5. The number of carboxylic acids is 1. The molecule has 2 amide bonds. The number of thiophene rings is 1. The summed E-state index contributed by atoms with van der Waals surface area (Å²) < 4.78 is 0. The second-order valence-electron chi connectivity index (χ2n) is 6.72. The second kappa shape index (κ2) is 10.5. The molecule has 0 saturated carbocycles. The number of phenolic OH excluding ortho intramolecular Hbond substituents is 1. The number of carboxylic acid groups (broad SMARTS) is 1.